The predicted molar refractivity (Wildman–Crippen MR) is 172 cm³/mol. The first-order chi connectivity index (χ1) is 22.3. The number of carbonyl (C=O) groups is 1. The van der Waals surface area contributed by atoms with E-state index in [0.717, 1.165) is 22.8 Å². The van der Waals surface area contributed by atoms with Gasteiger partial charge < -0.3 is 14.4 Å². The quantitative estimate of drug-likeness (QED) is 0.185. The van der Waals surface area contributed by atoms with E-state index in [0.29, 0.717) is 63.6 Å². The second kappa shape index (κ2) is 14.3. The third-order valence-electron chi connectivity index (χ3n) is 8.83. The molecule has 2 aliphatic heterocycles. The number of alkyl halides is 3. The van der Waals surface area contributed by atoms with Gasteiger partial charge in [0.05, 0.1) is 36.8 Å². The van der Waals surface area contributed by atoms with Gasteiger partial charge in [-0.15, -0.1) is 0 Å². The van der Waals surface area contributed by atoms with E-state index < -0.39 is 11.7 Å². The molecule has 0 N–H and O–H groups in total. The summed E-state index contributed by atoms with van der Waals surface area (Å²) in [6.07, 6.45) is -3.64. The highest BCUT2D eigenvalue weighted by Crippen LogP contribution is 2.43. The minimum atomic E-state index is -4.54. The molecule has 2 heterocycles. The fourth-order valence-corrected chi connectivity index (χ4v) is 6.84. The van der Waals surface area contributed by atoms with E-state index >= 15 is 0 Å². The molecule has 1 amide bonds. The lowest BCUT2D eigenvalue weighted by Crippen LogP contribution is -2.41. The van der Waals surface area contributed by atoms with Gasteiger partial charge in [0.2, 0.25) is 5.91 Å². The van der Waals surface area contributed by atoms with Crippen LogP contribution in [-0.2, 0) is 28.7 Å². The van der Waals surface area contributed by atoms with Crippen LogP contribution in [0.4, 0.5) is 13.2 Å². The summed E-state index contributed by atoms with van der Waals surface area (Å²) in [5.74, 6) is 0.780. The number of rotatable bonds is 9. The number of ether oxygens (including phenoxy) is 2. The molecule has 6 rings (SSSR count). The van der Waals surface area contributed by atoms with Crippen molar-refractivity contribution in [3.63, 3.8) is 0 Å². The largest absolute Gasteiger partial charge is 0.494 e. The number of carbonyl (C=O) groups excluding carboxylic acids is 1. The zero-order valence-corrected chi connectivity index (χ0v) is 26.1. The monoisotopic (exact) mass is 648 g/mol. The number of nitrogens with zero attached hydrogens (tertiary/aromatic N) is 2. The number of halogens is 4. The fraction of sp³-hybridized carbons (Fsp3) is 0.324. The van der Waals surface area contributed by atoms with Gasteiger partial charge in [-0.3, -0.25) is 9.69 Å². The summed E-state index contributed by atoms with van der Waals surface area (Å²) in [6.45, 7) is 3.56. The molecule has 240 valence electrons. The molecular formula is C37H36ClF3N2O3. The van der Waals surface area contributed by atoms with Gasteiger partial charge in [-0.2, -0.15) is 13.2 Å². The van der Waals surface area contributed by atoms with Crippen LogP contribution < -0.4 is 4.74 Å². The Morgan fingerprint density at radius 2 is 1.61 bits per heavy atom. The maximum absolute atomic E-state index is 13.7. The van der Waals surface area contributed by atoms with Crippen LogP contribution >= 0.6 is 11.6 Å². The van der Waals surface area contributed by atoms with E-state index in [1.54, 1.807) is 6.07 Å². The van der Waals surface area contributed by atoms with E-state index in [1.165, 1.54) is 11.6 Å². The molecule has 5 nitrogen and oxygen atoms in total. The zero-order valence-electron chi connectivity index (χ0n) is 25.4. The first-order valence-corrected chi connectivity index (χ1v) is 16.0. The molecule has 0 aliphatic carbocycles. The molecule has 1 fully saturated rings. The number of benzene rings is 4. The number of morpholine rings is 1. The molecule has 46 heavy (non-hydrogen) atoms. The van der Waals surface area contributed by atoms with E-state index in [2.05, 4.69) is 29.2 Å². The molecule has 1 saturated heterocycles. The van der Waals surface area contributed by atoms with Crippen molar-refractivity contribution in [2.24, 2.45) is 0 Å². The molecule has 0 radical (unpaired) electrons. The first-order valence-electron chi connectivity index (χ1n) is 15.6. The standard InChI is InChI=1S/C37H36ClF3N2O3/c38-36-28(11-7-15-33(36)37(39,40)41)24-43-25-32(27-9-2-1-3-10-27)30-13-4-5-14-31(30)34(43)16-19-46-29-12-6-8-26(22-29)23-35(44)42-17-20-45-21-18-42/h1-15,22,32,34H,16-21,23-25H2/t32?,34-/m0/s1. The predicted octanol–water partition coefficient (Wildman–Crippen LogP) is 7.92. The summed E-state index contributed by atoms with van der Waals surface area (Å²) in [4.78, 5) is 16.8. The van der Waals surface area contributed by atoms with Crippen LogP contribution in [-0.4, -0.2) is 55.2 Å². The number of amides is 1. The number of fused-ring (bicyclic) bond motifs is 1. The van der Waals surface area contributed by atoms with Crippen molar-refractivity contribution < 1.29 is 27.4 Å². The van der Waals surface area contributed by atoms with Gasteiger partial charge in [0.15, 0.2) is 0 Å². The second-order valence-electron chi connectivity index (χ2n) is 11.8. The molecular weight excluding hydrogens is 613 g/mol. The van der Waals surface area contributed by atoms with Crippen LogP contribution in [0.3, 0.4) is 0 Å². The average Bonchev–Trinajstić information content (AvgIpc) is 3.06. The smallest absolute Gasteiger partial charge is 0.417 e. The Bertz CT molecular complexity index is 1640. The normalized spacial score (nSPS) is 18.7. The maximum atomic E-state index is 13.7. The van der Waals surface area contributed by atoms with Crippen molar-refractivity contribution in [3.8, 4) is 5.75 Å². The highest BCUT2D eigenvalue weighted by molar-refractivity contribution is 6.32. The van der Waals surface area contributed by atoms with Crippen LogP contribution in [0.25, 0.3) is 0 Å². The molecule has 4 aromatic carbocycles. The minimum absolute atomic E-state index is 0.0415. The molecule has 0 spiro atoms. The van der Waals surface area contributed by atoms with Crippen molar-refractivity contribution >= 4 is 17.5 Å². The van der Waals surface area contributed by atoms with Crippen molar-refractivity contribution in [2.45, 2.75) is 37.5 Å². The summed E-state index contributed by atoms with van der Waals surface area (Å²) in [6, 6.07) is 30.1. The minimum Gasteiger partial charge on any atom is -0.494 e. The number of hydrogen-bond donors (Lipinski definition) is 0. The SMILES string of the molecule is O=C(Cc1cccc(OCC[C@H]2c3ccccc3C(c3ccccc3)CN2Cc2cccc(C(F)(F)F)c2Cl)c1)N1CCOCC1. The zero-order chi connectivity index (χ0) is 32.1. The molecule has 4 aromatic rings. The summed E-state index contributed by atoms with van der Waals surface area (Å²) < 4.78 is 52.8. The van der Waals surface area contributed by atoms with Crippen molar-refractivity contribution in [2.75, 3.05) is 39.5 Å². The molecule has 9 heteroatoms. The van der Waals surface area contributed by atoms with Crippen LogP contribution in [0.5, 0.6) is 5.75 Å². The van der Waals surface area contributed by atoms with Gasteiger partial charge in [0, 0.05) is 44.6 Å². The van der Waals surface area contributed by atoms with Crippen LogP contribution in [0.15, 0.2) is 97.1 Å². The lowest BCUT2D eigenvalue weighted by atomic mass is 9.80. The number of hydrogen-bond acceptors (Lipinski definition) is 4. The Labute approximate surface area is 272 Å². The first kappa shape index (κ1) is 32.1. The Kier molecular flexibility index (Phi) is 9.97. The van der Waals surface area contributed by atoms with Gasteiger partial charge in [-0.1, -0.05) is 90.5 Å². The van der Waals surface area contributed by atoms with Crippen LogP contribution in [0.1, 0.15) is 51.8 Å². The van der Waals surface area contributed by atoms with Crippen molar-refractivity contribution in [3.05, 3.63) is 135 Å². The topological polar surface area (TPSA) is 42.0 Å². The maximum Gasteiger partial charge on any atom is 0.417 e. The van der Waals surface area contributed by atoms with Gasteiger partial charge in [-0.25, -0.2) is 0 Å². The van der Waals surface area contributed by atoms with Gasteiger partial charge in [0.1, 0.15) is 5.75 Å². The van der Waals surface area contributed by atoms with Crippen LogP contribution in [0, 0.1) is 0 Å². The summed E-state index contributed by atoms with van der Waals surface area (Å²) in [7, 11) is 0. The average molecular weight is 649 g/mol. The molecule has 0 bridgehead atoms. The Morgan fingerprint density at radius 1 is 0.891 bits per heavy atom. The molecule has 0 aromatic heterocycles. The Hall–Kier alpha value is -3.85. The highest BCUT2D eigenvalue weighted by Gasteiger charge is 2.36. The molecule has 2 aliphatic rings. The third kappa shape index (κ3) is 7.41. The summed E-state index contributed by atoms with van der Waals surface area (Å²) in [5, 5.41) is -0.261. The molecule has 2 atom stereocenters. The van der Waals surface area contributed by atoms with Crippen LogP contribution in [0.2, 0.25) is 5.02 Å². The lowest BCUT2D eigenvalue weighted by Gasteiger charge is -2.42. The van der Waals surface area contributed by atoms with E-state index in [1.807, 2.05) is 59.5 Å². The van der Waals surface area contributed by atoms with Crippen molar-refractivity contribution in [1.82, 2.24) is 9.80 Å². The second-order valence-corrected chi connectivity index (χ2v) is 12.1. The molecule has 1 unspecified atom stereocenters. The molecule has 0 saturated carbocycles. The van der Waals surface area contributed by atoms with Gasteiger partial charge in [0.25, 0.3) is 0 Å². The summed E-state index contributed by atoms with van der Waals surface area (Å²) >= 11 is 6.39. The third-order valence-corrected chi connectivity index (χ3v) is 9.27. The van der Waals surface area contributed by atoms with E-state index in [-0.39, 0.29) is 29.4 Å². The van der Waals surface area contributed by atoms with Gasteiger partial charge in [-0.05, 0) is 46.0 Å². The Morgan fingerprint density at radius 3 is 2.37 bits per heavy atom. The Balaban J connectivity index is 1.23. The summed E-state index contributed by atoms with van der Waals surface area (Å²) in [5.41, 5.74) is 3.96. The van der Waals surface area contributed by atoms with E-state index in [4.69, 9.17) is 21.1 Å². The van der Waals surface area contributed by atoms with Crippen molar-refractivity contribution in [1.29, 1.82) is 0 Å². The van der Waals surface area contributed by atoms with Gasteiger partial charge >= 0.3 is 6.18 Å². The highest BCUT2D eigenvalue weighted by atomic mass is 35.5. The fourth-order valence-electron chi connectivity index (χ4n) is 6.54. The van der Waals surface area contributed by atoms with E-state index in [9.17, 15) is 18.0 Å². The lowest BCUT2D eigenvalue weighted by molar-refractivity contribution is -0.137.